The van der Waals surface area contributed by atoms with Crippen LogP contribution < -0.4 is 0 Å². The van der Waals surface area contributed by atoms with Crippen LogP contribution in [0, 0.1) is 0 Å². The molecule has 0 rings (SSSR count). The van der Waals surface area contributed by atoms with Gasteiger partial charge < -0.3 is 0 Å². The van der Waals surface area contributed by atoms with E-state index >= 15 is 0 Å². The summed E-state index contributed by atoms with van der Waals surface area (Å²) in [6, 6.07) is 0. The molecule has 6 heavy (non-hydrogen) atoms. The zero-order valence-corrected chi connectivity index (χ0v) is 6.48. The van der Waals surface area contributed by atoms with Crippen molar-refractivity contribution in [1.82, 2.24) is 0 Å². The van der Waals surface area contributed by atoms with Crippen LogP contribution in [0.25, 0.3) is 0 Å². The molecule has 0 aromatic carbocycles. The van der Waals surface area contributed by atoms with Crippen LogP contribution in [-0.4, -0.2) is 13.0 Å². The van der Waals surface area contributed by atoms with Gasteiger partial charge in [0.2, 0.25) is 0 Å². The number of hydrogen-bond acceptors (Lipinski definition) is 2. The zero-order valence-electron chi connectivity index (χ0n) is 2.70. The molecule has 0 spiro atoms. The van der Waals surface area contributed by atoms with Crippen molar-refractivity contribution in [3.63, 3.8) is 0 Å². The van der Waals surface area contributed by atoms with Crippen molar-refractivity contribution < 1.29 is 30.9 Å². The fourth-order valence-electron chi connectivity index (χ4n) is 0. The van der Waals surface area contributed by atoms with Crippen LogP contribution in [0.5, 0.6) is 0 Å². The van der Waals surface area contributed by atoms with Crippen molar-refractivity contribution in [2.45, 2.75) is 0 Å². The minimum atomic E-state index is -3.82. The quantitative estimate of drug-likeness (QED) is 0.337. The molecule has 0 aliphatic carbocycles. The van der Waals surface area contributed by atoms with Gasteiger partial charge in [0, 0.05) is 0 Å². The summed E-state index contributed by atoms with van der Waals surface area (Å²) < 4.78 is 25.7. The van der Waals surface area contributed by atoms with Gasteiger partial charge in [-0.1, -0.05) is 0 Å². The Morgan fingerprint density at radius 3 is 1.50 bits per heavy atom. The number of hydrogen-bond donors (Lipinski definition) is 1. The Balaban J connectivity index is 0. The average Bonchev–Trinajstić information content (AvgIpc) is 0.722. The van der Waals surface area contributed by atoms with Gasteiger partial charge in [-0.3, -0.25) is 0 Å². The first kappa shape index (κ1) is 10.1. The van der Waals surface area contributed by atoms with Crippen molar-refractivity contribution in [3.8, 4) is 0 Å². The molecule has 1 N–H and O–H groups in total. The summed E-state index contributed by atoms with van der Waals surface area (Å²) in [5.74, 6) is 0. The Morgan fingerprint density at radius 1 is 1.50 bits per heavy atom. The van der Waals surface area contributed by atoms with E-state index in [0.717, 1.165) is 0 Å². The van der Waals surface area contributed by atoms with Crippen molar-refractivity contribution in [3.05, 3.63) is 0 Å². The van der Waals surface area contributed by atoms with Gasteiger partial charge in [0.15, 0.2) is 0 Å². The van der Waals surface area contributed by atoms with Gasteiger partial charge in [-0.25, -0.2) is 0 Å². The molecular formula is H4O3PPdS. The zero-order chi connectivity index (χ0) is 4.50. The maximum Gasteiger partial charge on any atom is -0.153 e. The molecule has 0 amide bonds. The van der Waals surface area contributed by atoms with E-state index in [1.165, 1.54) is 0 Å². The minimum Gasteiger partial charge on any atom is -0.153 e. The van der Waals surface area contributed by atoms with Crippen LogP contribution in [0.1, 0.15) is 0 Å². The van der Waals surface area contributed by atoms with Crippen LogP contribution in [-0.2, 0) is 25.9 Å². The summed E-state index contributed by atoms with van der Waals surface area (Å²) in [7, 11) is -3.82. The van der Waals surface area contributed by atoms with E-state index in [2.05, 4.69) is 0 Å². The molecule has 3 nitrogen and oxygen atoms in total. The van der Waals surface area contributed by atoms with E-state index in [1.54, 1.807) is 17.9 Å². The first-order valence-corrected chi connectivity index (χ1v) is 3.84. The molecule has 0 aromatic rings. The van der Waals surface area contributed by atoms with Crippen LogP contribution in [0.2, 0.25) is 0 Å². The minimum absolute atomic E-state index is 0. The van der Waals surface area contributed by atoms with Crippen LogP contribution in [0.15, 0.2) is 0 Å². The second-order valence-electron chi connectivity index (χ2n) is 0.380. The second kappa shape index (κ2) is 3.06. The Hall–Kier alpha value is 1.00. The van der Waals surface area contributed by atoms with Gasteiger partial charge in [0.1, 0.15) is 0 Å². The Kier molecular flexibility index (Phi) is 5.15. The average molecular weight is 221 g/mol. The molecule has 0 radical (unpaired) electrons. The van der Waals surface area contributed by atoms with Crippen molar-refractivity contribution in [1.29, 1.82) is 0 Å². The first-order valence-electron chi connectivity index (χ1n) is 0.645. The normalized spacial score (nSPS) is 9.83. The molecule has 0 aliphatic rings. The summed E-state index contributed by atoms with van der Waals surface area (Å²) >= 11 is 1.67. The van der Waals surface area contributed by atoms with Gasteiger partial charge in [0.25, 0.3) is 0 Å². The predicted octanol–water partition coefficient (Wildman–Crippen LogP) is -0.606. The third-order valence-electron chi connectivity index (χ3n) is 0. The Morgan fingerprint density at radius 2 is 1.50 bits per heavy atom. The van der Waals surface area contributed by atoms with E-state index in [9.17, 15) is 0 Å². The molecule has 0 bridgehead atoms. The fraction of sp³-hybridized carbons (Fsp3) is 0. The van der Waals surface area contributed by atoms with E-state index in [-0.39, 0.29) is 9.90 Å². The molecule has 0 saturated carbocycles. The molecular weight excluding hydrogens is 217 g/mol. The topological polar surface area (TPSA) is 54.4 Å². The summed E-state index contributed by atoms with van der Waals surface area (Å²) in [5, 5.41) is 0. The molecule has 0 fully saturated rings. The summed E-state index contributed by atoms with van der Waals surface area (Å²) in [5.41, 5.74) is 0. The van der Waals surface area contributed by atoms with Crippen molar-refractivity contribution in [2.24, 2.45) is 0 Å². The van der Waals surface area contributed by atoms with Crippen LogP contribution in [0.4, 0.5) is 0 Å². The number of rotatable bonds is 0. The summed E-state index contributed by atoms with van der Waals surface area (Å²) in [6.07, 6.45) is 0. The largest absolute Gasteiger partial charge is 0.153 e. The van der Waals surface area contributed by atoms with Crippen molar-refractivity contribution >= 4 is 17.8 Å². The molecule has 1 unspecified atom stereocenters. The first-order chi connectivity index (χ1) is 2.00. The van der Waals surface area contributed by atoms with Gasteiger partial charge in [-0.05, 0) is 0 Å². The summed E-state index contributed by atoms with van der Waals surface area (Å²) in [4.78, 5) is 0. The predicted molar refractivity (Wildman–Crippen MR) is 22.7 cm³/mol. The molecule has 0 saturated heterocycles. The maximum absolute atomic E-state index is 9.12. The van der Waals surface area contributed by atoms with Crippen molar-refractivity contribution in [2.75, 3.05) is 0 Å². The standard InChI is InChI=1S/HO3S.H3P.Pd/c1-4(2)3;;/h(H,1,2,3);1H3;. The Bertz CT molecular complexity index is 94.0. The van der Waals surface area contributed by atoms with E-state index in [1.807, 2.05) is 0 Å². The Labute approximate surface area is 49.0 Å². The fourth-order valence-corrected chi connectivity index (χ4v) is 0. The van der Waals surface area contributed by atoms with Gasteiger partial charge in [0.05, 0.1) is 0 Å². The van der Waals surface area contributed by atoms with E-state index in [4.69, 9.17) is 13.0 Å². The molecule has 0 aromatic heterocycles. The van der Waals surface area contributed by atoms with Crippen LogP contribution >= 0.6 is 9.90 Å². The maximum atomic E-state index is 9.12. The molecule has 1 atom stereocenters. The molecule has 0 aliphatic heterocycles. The van der Waals surface area contributed by atoms with E-state index in [0.29, 0.717) is 0 Å². The van der Waals surface area contributed by atoms with Gasteiger partial charge in [-0.2, -0.15) is 9.90 Å². The molecule has 6 heteroatoms. The third-order valence-corrected chi connectivity index (χ3v) is 0. The third kappa shape index (κ3) is 79.8. The monoisotopic (exact) mass is 221 g/mol. The summed E-state index contributed by atoms with van der Waals surface area (Å²) in [6.45, 7) is 0. The van der Waals surface area contributed by atoms with E-state index < -0.39 is 7.94 Å². The van der Waals surface area contributed by atoms with Crippen LogP contribution in [0.3, 0.4) is 0 Å². The molecule has 43 valence electrons. The van der Waals surface area contributed by atoms with Gasteiger partial charge in [-0.15, -0.1) is 0 Å². The van der Waals surface area contributed by atoms with Gasteiger partial charge >= 0.3 is 38.9 Å². The second-order valence-corrected chi connectivity index (χ2v) is 3.55. The SMILES string of the molecule is O=[S](=O)(O)[Pd].P. The molecule has 0 heterocycles. The smallest absolute Gasteiger partial charge is 0.153 e.